The van der Waals surface area contributed by atoms with Crippen LogP contribution in [0.4, 0.5) is 17.1 Å². The lowest BCUT2D eigenvalue weighted by molar-refractivity contribution is -0.384. The van der Waals surface area contributed by atoms with Gasteiger partial charge in [0.2, 0.25) is 3.79 Å². The number of halogens is 3. The number of carbonyl (C=O) groups is 1. The number of alkyl halides is 3. The molecule has 0 spiro atoms. The third-order valence-electron chi connectivity index (χ3n) is 3.55. The highest BCUT2D eigenvalue weighted by atomic mass is 35.6. The van der Waals surface area contributed by atoms with E-state index in [1.165, 1.54) is 36.4 Å². The van der Waals surface area contributed by atoms with E-state index in [2.05, 4.69) is 16.0 Å². The van der Waals surface area contributed by atoms with E-state index in [0.717, 1.165) is 6.07 Å². The SMILES string of the molecule is O=C(N[C@H](NC(=S)Nc1ccccc1[N+](=O)[O-])C(Cl)(Cl)Cl)c1cccc([N+](=O)[O-])c1. The summed E-state index contributed by atoms with van der Waals surface area (Å²) in [6.07, 6.45) is -1.38. The Morgan fingerprint density at radius 2 is 1.67 bits per heavy atom. The Morgan fingerprint density at radius 1 is 1.00 bits per heavy atom. The molecule has 2 rings (SSSR count). The van der Waals surface area contributed by atoms with Crippen LogP contribution in [0.15, 0.2) is 48.5 Å². The molecule has 3 N–H and O–H groups in total. The number of nitro benzene ring substituents is 2. The van der Waals surface area contributed by atoms with Crippen molar-refractivity contribution in [3.05, 3.63) is 74.3 Å². The summed E-state index contributed by atoms with van der Waals surface area (Å²) in [5.74, 6) is -0.781. The normalized spacial score (nSPS) is 11.8. The zero-order valence-electron chi connectivity index (χ0n) is 14.7. The van der Waals surface area contributed by atoms with Gasteiger partial charge in [-0.25, -0.2) is 0 Å². The number of carbonyl (C=O) groups excluding carboxylic acids is 1. The standard InChI is InChI=1S/C16H12Cl3N5O5S/c17-16(18,19)14(21-13(25)9-4-3-5-10(8-9)23(26)27)22-15(30)20-11-6-1-2-7-12(11)24(28)29/h1-8,14H,(H,21,25)(H2,20,22,30)/t14-/m1/s1. The highest BCUT2D eigenvalue weighted by molar-refractivity contribution is 7.80. The van der Waals surface area contributed by atoms with E-state index >= 15 is 0 Å². The van der Waals surface area contributed by atoms with Crippen molar-refractivity contribution in [3.63, 3.8) is 0 Å². The second kappa shape index (κ2) is 9.85. The first kappa shape index (κ1) is 23.5. The number of non-ortho nitro benzene ring substituents is 1. The number of hydrogen-bond donors (Lipinski definition) is 3. The summed E-state index contributed by atoms with van der Waals surface area (Å²) >= 11 is 22.8. The maximum absolute atomic E-state index is 12.5. The van der Waals surface area contributed by atoms with Crippen LogP contribution in [0.3, 0.4) is 0 Å². The number of hydrogen-bond acceptors (Lipinski definition) is 6. The van der Waals surface area contributed by atoms with Crippen LogP contribution in [0, 0.1) is 20.2 Å². The fourth-order valence-electron chi connectivity index (χ4n) is 2.20. The second-order valence-electron chi connectivity index (χ2n) is 5.63. The molecule has 0 fully saturated rings. The van der Waals surface area contributed by atoms with Gasteiger partial charge in [-0.2, -0.15) is 0 Å². The van der Waals surface area contributed by atoms with Crippen molar-refractivity contribution in [2.75, 3.05) is 5.32 Å². The van der Waals surface area contributed by atoms with Crippen molar-refractivity contribution in [1.29, 1.82) is 0 Å². The van der Waals surface area contributed by atoms with Crippen LogP contribution in [0.2, 0.25) is 0 Å². The molecule has 14 heteroatoms. The topological polar surface area (TPSA) is 139 Å². The van der Waals surface area contributed by atoms with Gasteiger partial charge in [0, 0.05) is 23.8 Å². The molecule has 0 saturated heterocycles. The number of amides is 1. The lowest BCUT2D eigenvalue weighted by Crippen LogP contribution is -2.56. The van der Waals surface area contributed by atoms with Crippen molar-refractivity contribution in [3.8, 4) is 0 Å². The summed E-state index contributed by atoms with van der Waals surface area (Å²) < 4.78 is -2.09. The Morgan fingerprint density at radius 3 is 2.27 bits per heavy atom. The van der Waals surface area contributed by atoms with Crippen LogP contribution in [-0.2, 0) is 0 Å². The average molecular weight is 493 g/mol. The van der Waals surface area contributed by atoms with E-state index < -0.39 is 25.7 Å². The summed E-state index contributed by atoms with van der Waals surface area (Å²) in [5, 5.41) is 29.3. The van der Waals surface area contributed by atoms with Gasteiger partial charge in [-0.1, -0.05) is 53.0 Å². The molecule has 0 unspecified atom stereocenters. The van der Waals surface area contributed by atoms with E-state index in [4.69, 9.17) is 47.0 Å². The number of nitrogens with one attached hydrogen (secondary N) is 3. The van der Waals surface area contributed by atoms with Crippen LogP contribution >= 0.6 is 47.0 Å². The minimum Gasteiger partial charge on any atom is -0.339 e. The summed E-state index contributed by atoms with van der Waals surface area (Å²) in [5.41, 5.74) is -0.516. The summed E-state index contributed by atoms with van der Waals surface area (Å²) in [6.45, 7) is 0. The van der Waals surface area contributed by atoms with Crippen LogP contribution in [0.5, 0.6) is 0 Å². The molecule has 0 aliphatic heterocycles. The molecule has 2 aromatic rings. The minimum absolute atomic E-state index is 0.0529. The molecule has 0 saturated carbocycles. The quantitative estimate of drug-likeness (QED) is 0.181. The van der Waals surface area contributed by atoms with E-state index in [0.29, 0.717) is 0 Å². The fraction of sp³-hybridized carbons (Fsp3) is 0.125. The molecule has 0 aliphatic carbocycles. The van der Waals surface area contributed by atoms with E-state index in [9.17, 15) is 25.0 Å². The molecular formula is C16H12Cl3N5O5S. The monoisotopic (exact) mass is 491 g/mol. The number of nitro groups is 2. The Balaban J connectivity index is 2.16. The highest BCUT2D eigenvalue weighted by Gasteiger charge is 2.35. The number of anilines is 1. The van der Waals surface area contributed by atoms with Gasteiger partial charge in [-0.3, -0.25) is 25.0 Å². The lowest BCUT2D eigenvalue weighted by Gasteiger charge is -2.27. The zero-order chi connectivity index (χ0) is 22.5. The Bertz CT molecular complexity index is 1000. The first-order valence-electron chi connectivity index (χ1n) is 7.92. The molecule has 0 heterocycles. The first-order valence-corrected chi connectivity index (χ1v) is 9.46. The smallest absolute Gasteiger partial charge is 0.292 e. The van der Waals surface area contributed by atoms with Crippen molar-refractivity contribution in [2.45, 2.75) is 9.96 Å². The zero-order valence-corrected chi connectivity index (χ0v) is 17.8. The largest absolute Gasteiger partial charge is 0.339 e. The van der Waals surface area contributed by atoms with Gasteiger partial charge in [0.15, 0.2) is 5.11 Å². The third-order valence-corrected chi connectivity index (χ3v) is 4.42. The predicted octanol–water partition coefficient (Wildman–Crippen LogP) is 3.92. The predicted molar refractivity (Wildman–Crippen MR) is 117 cm³/mol. The van der Waals surface area contributed by atoms with Crippen LogP contribution < -0.4 is 16.0 Å². The van der Waals surface area contributed by atoms with Crippen LogP contribution in [-0.4, -0.2) is 30.8 Å². The molecule has 0 aliphatic rings. The van der Waals surface area contributed by atoms with Gasteiger partial charge in [0.1, 0.15) is 11.9 Å². The highest BCUT2D eigenvalue weighted by Crippen LogP contribution is 2.30. The van der Waals surface area contributed by atoms with Gasteiger partial charge in [-0.15, -0.1) is 0 Å². The van der Waals surface area contributed by atoms with Crippen LogP contribution in [0.1, 0.15) is 10.4 Å². The summed E-state index contributed by atoms with van der Waals surface area (Å²) in [4.78, 5) is 33.2. The lowest BCUT2D eigenvalue weighted by atomic mass is 10.2. The molecule has 158 valence electrons. The molecule has 1 atom stereocenters. The second-order valence-corrected chi connectivity index (χ2v) is 8.41. The molecule has 0 bridgehead atoms. The first-order chi connectivity index (χ1) is 14.0. The third kappa shape index (κ3) is 6.39. The van der Waals surface area contributed by atoms with Crippen LogP contribution in [0.25, 0.3) is 0 Å². The molecule has 2 aromatic carbocycles. The Kier molecular flexibility index (Phi) is 7.73. The van der Waals surface area contributed by atoms with E-state index in [-0.39, 0.29) is 27.7 Å². The molecule has 0 radical (unpaired) electrons. The van der Waals surface area contributed by atoms with E-state index in [1.54, 1.807) is 6.07 Å². The Labute approximate surface area is 189 Å². The number of nitrogens with zero attached hydrogens (tertiary/aromatic N) is 2. The molecular weight excluding hydrogens is 481 g/mol. The van der Waals surface area contributed by atoms with Crippen molar-refractivity contribution >= 4 is 75.1 Å². The van der Waals surface area contributed by atoms with Crippen molar-refractivity contribution in [1.82, 2.24) is 10.6 Å². The number of benzene rings is 2. The molecule has 30 heavy (non-hydrogen) atoms. The number of rotatable bonds is 6. The van der Waals surface area contributed by atoms with Gasteiger partial charge in [-0.05, 0) is 24.4 Å². The fourth-order valence-corrected chi connectivity index (χ4v) is 2.76. The number of para-hydroxylation sites is 2. The van der Waals surface area contributed by atoms with Gasteiger partial charge >= 0.3 is 0 Å². The average Bonchev–Trinajstić information content (AvgIpc) is 2.67. The van der Waals surface area contributed by atoms with Gasteiger partial charge in [0.25, 0.3) is 17.3 Å². The molecule has 0 aromatic heterocycles. The Hall–Kier alpha value is -2.73. The summed E-state index contributed by atoms with van der Waals surface area (Å²) in [7, 11) is 0. The minimum atomic E-state index is -2.09. The maximum atomic E-state index is 12.5. The van der Waals surface area contributed by atoms with Crippen molar-refractivity contribution < 1.29 is 14.6 Å². The maximum Gasteiger partial charge on any atom is 0.292 e. The number of thiocarbonyl (C=S) groups is 1. The van der Waals surface area contributed by atoms with Crippen molar-refractivity contribution in [2.24, 2.45) is 0 Å². The summed E-state index contributed by atoms with van der Waals surface area (Å²) in [6, 6.07) is 10.6. The van der Waals surface area contributed by atoms with Gasteiger partial charge in [0.05, 0.1) is 9.85 Å². The molecule has 1 amide bonds. The van der Waals surface area contributed by atoms with Gasteiger partial charge < -0.3 is 16.0 Å². The van der Waals surface area contributed by atoms with E-state index in [1.807, 2.05) is 0 Å². The molecule has 10 nitrogen and oxygen atoms in total.